The second kappa shape index (κ2) is 6.52. The van der Waals surface area contributed by atoms with Crippen molar-refractivity contribution in [2.75, 3.05) is 6.61 Å². The molecule has 20 heavy (non-hydrogen) atoms. The molecule has 1 fully saturated rings. The lowest BCUT2D eigenvalue weighted by Gasteiger charge is -2.09. The molecule has 0 spiro atoms. The van der Waals surface area contributed by atoms with E-state index in [0.29, 0.717) is 31.4 Å². The quantitative estimate of drug-likeness (QED) is 0.450. The number of nitrogens with zero attached hydrogens (tertiary/aromatic N) is 1. The standard InChI is InChI=1S/C15H20N2O3/c1-11(2)7-8-20-15-6-3-12(9-14(15)17(18)19)10-16-13-4-5-13/h3,6,9,13,16H,1,4-5,7-8,10H2,2H3. The van der Waals surface area contributed by atoms with Crippen molar-refractivity contribution in [2.45, 2.75) is 38.8 Å². The van der Waals surface area contributed by atoms with Crippen molar-refractivity contribution < 1.29 is 9.66 Å². The van der Waals surface area contributed by atoms with Crippen molar-refractivity contribution in [3.05, 3.63) is 46.0 Å². The van der Waals surface area contributed by atoms with E-state index in [-0.39, 0.29) is 5.69 Å². The van der Waals surface area contributed by atoms with Gasteiger partial charge in [-0.1, -0.05) is 11.6 Å². The number of nitro benzene ring substituents is 1. The van der Waals surface area contributed by atoms with Crippen molar-refractivity contribution in [2.24, 2.45) is 0 Å². The molecule has 0 atom stereocenters. The first-order chi connectivity index (χ1) is 9.56. The van der Waals surface area contributed by atoms with Crippen molar-refractivity contribution >= 4 is 5.69 Å². The Labute approximate surface area is 118 Å². The summed E-state index contributed by atoms with van der Waals surface area (Å²) in [6.07, 6.45) is 3.09. The second-order valence-corrected chi connectivity index (χ2v) is 5.27. The van der Waals surface area contributed by atoms with Crippen LogP contribution in [-0.4, -0.2) is 17.6 Å². The zero-order chi connectivity index (χ0) is 14.5. The Hall–Kier alpha value is -1.88. The predicted molar refractivity (Wildman–Crippen MR) is 77.9 cm³/mol. The van der Waals surface area contributed by atoms with E-state index in [1.54, 1.807) is 12.1 Å². The first kappa shape index (κ1) is 14.5. The smallest absolute Gasteiger partial charge is 0.311 e. The third-order valence-electron chi connectivity index (χ3n) is 3.18. The second-order valence-electron chi connectivity index (χ2n) is 5.27. The molecule has 1 saturated carbocycles. The number of hydrogen-bond acceptors (Lipinski definition) is 4. The molecule has 108 valence electrons. The van der Waals surface area contributed by atoms with Crippen LogP contribution in [0.25, 0.3) is 0 Å². The summed E-state index contributed by atoms with van der Waals surface area (Å²) in [5.41, 5.74) is 1.94. The Morgan fingerprint density at radius 3 is 2.90 bits per heavy atom. The van der Waals surface area contributed by atoms with Gasteiger partial charge in [-0.3, -0.25) is 10.1 Å². The van der Waals surface area contributed by atoms with Crippen molar-refractivity contribution in [3.8, 4) is 5.75 Å². The van der Waals surface area contributed by atoms with Crippen molar-refractivity contribution in [1.29, 1.82) is 0 Å². The largest absolute Gasteiger partial charge is 0.486 e. The lowest BCUT2D eigenvalue weighted by atomic mass is 10.2. The highest BCUT2D eigenvalue weighted by atomic mass is 16.6. The average molecular weight is 276 g/mol. The fraction of sp³-hybridized carbons (Fsp3) is 0.467. The van der Waals surface area contributed by atoms with Gasteiger partial charge in [-0.25, -0.2) is 0 Å². The molecule has 1 aliphatic rings. The van der Waals surface area contributed by atoms with Gasteiger partial charge in [0.05, 0.1) is 11.5 Å². The van der Waals surface area contributed by atoms with Gasteiger partial charge in [0.2, 0.25) is 0 Å². The third kappa shape index (κ3) is 4.35. The minimum absolute atomic E-state index is 0.0295. The molecule has 0 heterocycles. The molecule has 2 rings (SSSR count). The maximum Gasteiger partial charge on any atom is 0.311 e. The van der Waals surface area contributed by atoms with Gasteiger partial charge in [0, 0.05) is 25.1 Å². The molecular weight excluding hydrogens is 256 g/mol. The zero-order valence-corrected chi connectivity index (χ0v) is 11.7. The highest BCUT2D eigenvalue weighted by Crippen LogP contribution is 2.29. The van der Waals surface area contributed by atoms with Crippen LogP contribution in [0.3, 0.4) is 0 Å². The van der Waals surface area contributed by atoms with E-state index < -0.39 is 4.92 Å². The number of rotatable bonds is 8. The number of nitrogens with one attached hydrogen (secondary N) is 1. The number of hydrogen-bond donors (Lipinski definition) is 1. The van der Waals surface area contributed by atoms with E-state index in [1.807, 2.05) is 13.0 Å². The van der Waals surface area contributed by atoms with E-state index in [9.17, 15) is 10.1 Å². The van der Waals surface area contributed by atoms with Gasteiger partial charge >= 0.3 is 5.69 Å². The van der Waals surface area contributed by atoms with E-state index in [4.69, 9.17) is 4.74 Å². The molecule has 0 unspecified atom stereocenters. The Kier molecular flexibility index (Phi) is 4.74. The first-order valence-corrected chi connectivity index (χ1v) is 6.84. The van der Waals surface area contributed by atoms with Crippen LogP contribution in [0.4, 0.5) is 5.69 Å². The predicted octanol–water partition coefficient (Wildman–Crippen LogP) is 3.19. The average Bonchev–Trinajstić information content (AvgIpc) is 3.20. The maximum atomic E-state index is 11.1. The van der Waals surface area contributed by atoms with Gasteiger partial charge in [0.1, 0.15) is 0 Å². The van der Waals surface area contributed by atoms with E-state index in [1.165, 1.54) is 12.8 Å². The van der Waals surface area contributed by atoms with Gasteiger partial charge < -0.3 is 10.1 Å². The lowest BCUT2D eigenvalue weighted by Crippen LogP contribution is -2.15. The van der Waals surface area contributed by atoms with Gasteiger partial charge in [0.25, 0.3) is 0 Å². The summed E-state index contributed by atoms with van der Waals surface area (Å²) in [5, 5.41) is 14.5. The molecule has 0 aromatic heterocycles. The van der Waals surface area contributed by atoms with Gasteiger partial charge in [-0.05, 0) is 31.4 Å². The van der Waals surface area contributed by atoms with Crippen molar-refractivity contribution in [3.63, 3.8) is 0 Å². The van der Waals surface area contributed by atoms with E-state index in [0.717, 1.165) is 11.1 Å². The molecular formula is C15H20N2O3. The summed E-state index contributed by atoms with van der Waals surface area (Å²) in [7, 11) is 0. The lowest BCUT2D eigenvalue weighted by molar-refractivity contribution is -0.385. The Bertz CT molecular complexity index is 510. The molecule has 0 amide bonds. The summed E-state index contributed by atoms with van der Waals surface area (Å²) >= 11 is 0. The fourth-order valence-electron chi connectivity index (χ4n) is 1.82. The molecule has 1 aliphatic carbocycles. The monoisotopic (exact) mass is 276 g/mol. The summed E-state index contributed by atoms with van der Waals surface area (Å²) in [6.45, 7) is 6.77. The van der Waals surface area contributed by atoms with Gasteiger partial charge in [-0.2, -0.15) is 0 Å². The van der Waals surface area contributed by atoms with Crippen LogP contribution in [0.1, 0.15) is 31.7 Å². The van der Waals surface area contributed by atoms with Crippen LogP contribution < -0.4 is 10.1 Å². The minimum Gasteiger partial charge on any atom is -0.486 e. The Morgan fingerprint density at radius 2 is 2.30 bits per heavy atom. The topological polar surface area (TPSA) is 64.4 Å². The highest BCUT2D eigenvalue weighted by molar-refractivity contribution is 5.48. The van der Waals surface area contributed by atoms with Crippen molar-refractivity contribution in [1.82, 2.24) is 5.32 Å². The number of ether oxygens (including phenoxy) is 1. The first-order valence-electron chi connectivity index (χ1n) is 6.84. The highest BCUT2D eigenvalue weighted by Gasteiger charge is 2.21. The molecule has 0 radical (unpaired) electrons. The van der Waals surface area contributed by atoms with Crippen LogP contribution in [-0.2, 0) is 6.54 Å². The molecule has 5 nitrogen and oxygen atoms in total. The Morgan fingerprint density at radius 1 is 1.55 bits per heavy atom. The minimum atomic E-state index is -0.392. The molecule has 1 N–H and O–H groups in total. The Balaban J connectivity index is 2.01. The maximum absolute atomic E-state index is 11.1. The van der Waals surface area contributed by atoms with Crippen LogP contribution in [0.15, 0.2) is 30.4 Å². The molecule has 1 aromatic carbocycles. The molecule has 0 aliphatic heterocycles. The number of benzene rings is 1. The summed E-state index contributed by atoms with van der Waals surface area (Å²) < 4.78 is 5.48. The normalized spacial score (nSPS) is 14.1. The molecule has 1 aromatic rings. The zero-order valence-electron chi connectivity index (χ0n) is 11.7. The van der Waals surface area contributed by atoms with E-state index >= 15 is 0 Å². The van der Waals surface area contributed by atoms with E-state index in [2.05, 4.69) is 11.9 Å². The molecule has 5 heteroatoms. The van der Waals surface area contributed by atoms with Crippen LogP contribution in [0.2, 0.25) is 0 Å². The fourth-order valence-corrected chi connectivity index (χ4v) is 1.82. The van der Waals surface area contributed by atoms with Crippen LogP contribution in [0, 0.1) is 10.1 Å². The van der Waals surface area contributed by atoms with Crippen LogP contribution in [0.5, 0.6) is 5.75 Å². The number of nitro groups is 1. The van der Waals surface area contributed by atoms with Crippen LogP contribution >= 0.6 is 0 Å². The molecule has 0 bridgehead atoms. The summed E-state index contributed by atoms with van der Waals surface area (Å²) in [6, 6.07) is 5.73. The van der Waals surface area contributed by atoms with Gasteiger partial charge in [0.15, 0.2) is 5.75 Å². The third-order valence-corrected chi connectivity index (χ3v) is 3.18. The molecule has 0 saturated heterocycles. The summed E-state index contributed by atoms with van der Waals surface area (Å²) in [4.78, 5) is 10.7. The van der Waals surface area contributed by atoms with Gasteiger partial charge in [-0.15, -0.1) is 6.58 Å². The summed E-state index contributed by atoms with van der Waals surface area (Å²) in [5.74, 6) is 0.325. The SMILES string of the molecule is C=C(C)CCOc1ccc(CNC2CC2)cc1[N+](=O)[O-].